The van der Waals surface area contributed by atoms with Gasteiger partial charge in [-0.15, -0.1) is 0 Å². The first kappa shape index (κ1) is 11.8. The summed E-state index contributed by atoms with van der Waals surface area (Å²) in [5, 5.41) is 0. The van der Waals surface area contributed by atoms with Gasteiger partial charge in [0, 0.05) is 12.4 Å². The topological polar surface area (TPSA) is 25.8 Å². The molecule has 0 aromatic carbocycles. The Bertz CT molecular complexity index is 449. The van der Waals surface area contributed by atoms with Gasteiger partial charge in [0.2, 0.25) is 0 Å². The van der Waals surface area contributed by atoms with Crippen molar-refractivity contribution >= 4 is 12.2 Å². The van der Waals surface area contributed by atoms with Gasteiger partial charge in [0.05, 0.1) is 11.4 Å². The number of rotatable bonds is 4. The zero-order chi connectivity index (χ0) is 12.1. The van der Waals surface area contributed by atoms with E-state index in [1.807, 2.05) is 24.4 Å². The van der Waals surface area contributed by atoms with Gasteiger partial charge in [-0.25, -0.2) is 0 Å². The molecule has 0 aliphatic heterocycles. The third kappa shape index (κ3) is 2.73. The van der Waals surface area contributed by atoms with Crippen LogP contribution in [0.1, 0.15) is 13.8 Å². The molecule has 0 unspecified atom stereocenters. The van der Waals surface area contributed by atoms with E-state index in [9.17, 15) is 0 Å². The SMILES string of the molecule is CCB(CC)c1ccc(-c2ccccn2)nc1. The van der Waals surface area contributed by atoms with Crippen molar-refractivity contribution in [1.29, 1.82) is 0 Å². The van der Waals surface area contributed by atoms with Crippen molar-refractivity contribution in [1.82, 2.24) is 9.97 Å². The molecule has 0 radical (unpaired) electrons. The molecule has 0 saturated carbocycles. The van der Waals surface area contributed by atoms with Crippen molar-refractivity contribution in [2.75, 3.05) is 0 Å². The van der Waals surface area contributed by atoms with Crippen molar-refractivity contribution in [3.63, 3.8) is 0 Å². The predicted octanol–water partition coefficient (Wildman–Crippen LogP) is 2.89. The number of hydrogen-bond acceptors (Lipinski definition) is 2. The number of nitrogens with zero attached hydrogens (tertiary/aromatic N) is 2. The Morgan fingerprint density at radius 1 is 0.941 bits per heavy atom. The summed E-state index contributed by atoms with van der Waals surface area (Å²) in [5.74, 6) is 0. The second kappa shape index (κ2) is 5.62. The van der Waals surface area contributed by atoms with E-state index in [1.54, 1.807) is 6.20 Å². The van der Waals surface area contributed by atoms with Crippen LogP contribution in [-0.4, -0.2) is 16.7 Å². The lowest BCUT2D eigenvalue weighted by Crippen LogP contribution is -2.28. The van der Waals surface area contributed by atoms with Crippen LogP contribution in [0.25, 0.3) is 11.4 Å². The minimum atomic E-state index is 0.625. The molecule has 3 heteroatoms. The predicted molar refractivity (Wildman–Crippen MR) is 73.8 cm³/mol. The molecular weight excluding hydrogens is 207 g/mol. The molecule has 0 saturated heterocycles. The van der Waals surface area contributed by atoms with Crippen LogP contribution in [0, 0.1) is 0 Å². The van der Waals surface area contributed by atoms with E-state index in [0.717, 1.165) is 11.4 Å². The molecule has 2 heterocycles. The molecule has 2 aromatic heterocycles. The van der Waals surface area contributed by atoms with Crippen LogP contribution in [-0.2, 0) is 0 Å². The molecule has 0 aliphatic carbocycles. The lowest BCUT2D eigenvalue weighted by molar-refractivity contribution is 1.25. The van der Waals surface area contributed by atoms with Gasteiger partial charge in [-0.1, -0.05) is 44.1 Å². The number of hydrogen-bond donors (Lipinski definition) is 0. The van der Waals surface area contributed by atoms with Gasteiger partial charge in [-0.2, -0.15) is 0 Å². The van der Waals surface area contributed by atoms with Crippen LogP contribution in [0.15, 0.2) is 42.7 Å². The van der Waals surface area contributed by atoms with Crippen LogP contribution < -0.4 is 5.46 Å². The Labute approximate surface area is 103 Å². The zero-order valence-corrected chi connectivity index (χ0v) is 10.4. The van der Waals surface area contributed by atoms with Gasteiger partial charge in [-0.3, -0.25) is 9.97 Å². The van der Waals surface area contributed by atoms with Crippen LogP contribution in [0.5, 0.6) is 0 Å². The quantitative estimate of drug-likeness (QED) is 0.746. The standard InChI is InChI=1S/C14H17BN2/c1-3-15(4-2)12-8-9-14(17-11-12)13-7-5-6-10-16-13/h5-11H,3-4H2,1-2H3. The Morgan fingerprint density at radius 3 is 2.24 bits per heavy atom. The molecule has 0 amide bonds. The molecule has 0 spiro atoms. The van der Waals surface area contributed by atoms with E-state index in [4.69, 9.17) is 0 Å². The van der Waals surface area contributed by atoms with Crippen molar-refractivity contribution < 1.29 is 0 Å². The van der Waals surface area contributed by atoms with Crippen molar-refractivity contribution in [2.45, 2.75) is 26.5 Å². The maximum absolute atomic E-state index is 4.50. The molecule has 2 rings (SSSR count). The first-order valence-corrected chi connectivity index (χ1v) is 6.22. The summed E-state index contributed by atoms with van der Waals surface area (Å²) in [4.78, 5) is 8.80. The summed E-state index contributed by atoms with van der Waals surface area (Å²) in [6, 6.07) is 10.1. The summed E-state index contributed by atoms with van der Waals surface area (Å²) in [6.45, 7) is 5.07. The average molecular weight is 224 g/mol. The highest BCUT2D eigenvalue weighted by molar-refractivity contribution is 6.72. The highest BCUT2D eigenvalue weighted by Crippen LogP contribution is 2.11. The smallest absolute Gasteiger partial charge is 0.177 e. The molecule has 2 aromatic rings. The summed E-state index contributed by atoms with van der Waals surface area (Å²) < 4.78 is 0. The lowest BCUT2D eigenvalue weighted by atomic mass is 9.42. The Kier molecular flexibility index (Phi) is 3.91. The molecule has 0 fully saturated rings. The minimum Gasteiger partial charge on any atom is -0.255 e. The Balaban J connectivity index is 2.24. The third-order valence-electron chi connectivity index (χ3n) is 3.17. The number of aromatic nitrogens is 2. The molecule has 86 valence electrons. The van der Waals surface area contributed by atoms with E-state index in [0.29, 0.717) is 6.71 Å². The summed E-state index contributed by atoms with van der Waals surface area (Å²) in [5.41, 5.74) is 3.21. The zero-order valence-electron chi connectivity index (χ0n) is 10.4. The van der Waals surface area contributed by atoms with Gasteiger partial charge >= 0.3 is 0 Å². The monoisotopic (exact) mass is 224 g/mol. The first-order valence-electron chi connectivity index (χ1n) is 6.22. The fourth-order valence-corrected chi connectivity index (χ4v) is 2.07. The summed E-state index contributed by atoms with van der Waals surface area (Å²) >= 11 is 0. The van der Waals surface area contributed by atoms with Gasteiger partial charge in [0.1, 0.15) is 0 Å². The maximum Gasteiger partial charge on any atom is 0.177 e. The average Bonchev–Trinajstić information content (AvgIpc) is 2.42. The van der Waals surface area contributed by atoms with E-state index in [2.05, 4.69) is 35.9 Å². The second-order valence-corrected chi connectivity index (χ2v) is 4.21. The molecule has 0 N–H and O–H groups in total. The van der Waals surface area contributed by atoms with Crippen molar-refractivity contribution in [3.8, 4) is 11.4 Å². The molecule has 17 heavy (non-hydrogen) atoms. The Morgan fingerprint density at radius 2 is 1.71 bits per heavy atom. The third-order valence-corrected chi connectivity index (χ3v) is 3.17. The summed E-state index contributed by atoms with van der Waals surface area (Å²) in [6.07, 6.45) is 6.12. The van der Waals surface area contributed by atoms with Crippen LogP contribution >= 0.6 is 0 Å². The minimum absolute atomic E-state index is 0.625. The summed E-state index contributed by atoms with van der Waals surface area (Å²) in [7, 11) is 0. The van der Waals surface area contributed by atoms with Gasteiger partial charge in [0.15, 0.2) is 6.71 Å². The van der Waals surface area contributed by atoms with E-state index >= 15 is 0 Å². The van der Waals surface area contributed by atoms with Gasteiger partial charge in [-0.05, 0) is 18.2 Å². The van der Waals surface area contributed by atoms with Crippen LogP contribution in [0.2, 0.25) is 12.6 Å². The molecule has 0 atom stereocenters. The van der Waals surface area contributed by atoms with Gasteiger partial charge in [0.25, 0.3) is 0 Å². The van der Waals surface area contributed by atoms with Crippen LogP contribution in [0.4, 0.5) is 0 Å². The molecule has 0 aliphatic rings. The highest BCUT2D eigenvalue weighted by Gasteiger charge is 2.11. The molecular formula is C14H17BN2. The second-order valence-electron chi connectivity index (χ2n) is 4.21. The van der Waals surface area contributed by atoms with Gasteiger partial charge < -0.3 is 0 Å². The van der Waals surface area contributed by atoms with Crippen molar-refractivity contribution in [2.24, 2.45) is 0 Å². The molecule has 0 bridgehead atoms. The number of pyridine rings is 2. The van der Waals surface area contributed by atoms with E-state index in [-0.39, 0.29) is 0 Å². The van der Waals surface area contributed by atoms with Crippen molar-refractivity contribution in [3.05, 3.63) is 42.7 Å². The fourth-order valence-electron chi connectivity index (χ4n) is 2.07. The normalized spacial score (nSPS) is 10.2. The lowest BCUT2D eigenvalue weighted by Gasteiger charge is -2.09. The Hall–Kier alpha value is -1.64. The van der Waals surface area contributed by atoms with Crippen LogP contribution in [0.3, 0.4) is 0 Å². The fraction of sp³-hybridized carbons (Fsp3) is 0.286. The first-order chi connectivity index (χ1) is 8.35. The molecule has 2 nitrogen and oxygen atoms in total. The maximum atomic E-state index is 4.50. The van der Waals surface area contributed by atoms with E-state index in [1.165, 1.54) is 18.1 Å². The van der Waals surface area contributed by atoms with E-state index < -0.39 is 0 Å². The highest BCUT2D eigenvalue weighted by atomic mass is 14.8. The largest absolute Gasteiger partial charge is 0.255 e.